The van der Waals surface area contributed by atoms with Crippen molar-refractivity contribution in [3.63, 3.8) is 0 Å². The van der Waals surface area contributed by atoms with Crippen LogP contribution in [0, 0.1) is 5.92 Å². The van der Waals surface area contributed by atoms with Crippen LogP contribution in [0.25, 0.3) is 0 Å². The molecule has 19 heavy (non-hydrogen) atoms. The van der Waals surface area contributed by atoms with Gasteiger partial charge >= 0.3 is 0 Å². The van der Waals surface area contributed by atoms with Gasteiger partial charge in [0.2, 0.25) is 11.8 Å². The van der Waals surface area contributed by atoms with Gasteiger partial charge in [-0.1, -0.05) is 6.92 Å². The van der Waals surface area contributed by atoms with Crippen molar-refractivity contribution in [3.8, 4) is 0 Å². The van der Waals surface area contributed by atoms with Crippen molar-refractivity contribution < 1.29 is 9.59 Å². The molecule has 5 nitrogen and oxygen atoms in total. The fourth-order valence-electron chi connectivity index (χ4n) is 3.18. The Morgan fingerprint density at radius 2 is 1.79 bits per heavy atom. The molecule has 0 aromatic rings. The van der Waals surface area contributed by atoms with Crippen molar-refractivity contribution in [3.05, 3.63) is 0 Å². The van der Waals surface area contributed by atoms with Gasteiger partial charge in [0.05, 0.1) is 6.54 Å². The Bertz CT molecular complexity index is 321. The van der Waals surface area contributed by atoms with Crippen LogP contribution in [-0.4, -0.2) is 37.0 Å². The smallest absolute Gasteiger partial charge is 0.239 e. The molecule has 2 heterocycles. The minimum absolute atomic E-state index is 0.0120. The topological polar surface area (TPSA) is 70.2 Å². The molecular formula is C14H25N3O2. The Labute approximate surface area is 114 Å². The summed E-state index contributed by atoms with van der Waals surface area (Å²) in [7, 11) is 0. The number of hydrogen-bond acceptors (Lipinski definition) is 3. The predicted octanol–water partition coefficient (Wildman–Crippen LogP) is 0.550. The fraction of sp³-hybridized carbons (Fsp3) is 0.857. The third-order valence-corrected chi connectivity index (χ3v) is 4.06. The van der Waals surface area contributed by atoms with Crippen LogP contribution in [0.3, 0.4) is 0 Å². The summed E-state index contributed by atoms with van der Waals surface area (Å²) >= 11 is 0. The first-order valence-electron chi connectivity index (χ1n) is 7.46. The van der Waals surface area contributed by atoms with Gasteiger partial charge in [0.15, 0.2) is 0 Å². The molecule has 0 radical (unpaired) electrons. The van der Waals surface area contributed by atoms with Crippen molar-refractivity contribution in [1.82, 2.24) is 16.0 Å². The molecule has 0 aromatic heterocycles. The SMILES string of the molecule is CCCNC(=O)CNC(=O)CC1CC2CCC(C1)N2. The lowest BCUT2D eigenvalue weighted by Crippen LogP contribution is -2.41. The Hall–Kier alpha value is -1.10. The van der Waals surface area contributed by atoms with Crippen LogP contribution < -0.4 is 16.0 Å². The number of hydrogen-bond donors (Lipinski definition) is 3. The van der Waals surface area contributed by atoms with Crippen LogP contribution >= 0.6 is 0 Å². The molecule has 2 bridgehead atoms. The Kier molecular flexibility index (Phi) is 5.19. The molecule has 0 aromatic carbocycles. The molecule has 2 aliphatic rings. The summed E-state index contributed by atoms with van der Waals surface area (Å²) in [5, 5.41) is 9.04. The van der Waals surface area contributed by atoms with Crippen molar-refractivity contribution in [2.45, 2.75) is 57.5 Å². The highest BCUT2D eigenvalue weighted by Crippen LogP contribution is 2.32. The molecule has 0 aliphatic carbocycles. The lowest BCUT2D eigenvalue weighted by Gasteiger charge is -2.28. The average molecular weight is 267 g/mol. The average Bonchev–Trinajstić information content (AvgIpc) is 2.73. The van der Waals surface area contributed by atoms with E-state index < -0.39 is 0 Å². The van der Waals surface area contributed by atoms with Gasteiger partial charge in [0.25, 0.3) is 0 Å². The quantitative estimate of drug-likeness (QED) is 0.658. The summed E-state index contributed by atoms with van der Waals surface area (Å²) in [5.41, 5.74) is 0. The number of nitrogens with one attached hydrogen (secondary N) is 3. The third kappa shape index (κ3) is 4.49. The van der Waals surface area contributed by atoms with E-state index in [-0.39, 0.29) is 18.4 Å². The van der Waals surface area contributed by atoms with Crippen molar-refractivity contribution >= 4 is 11.8 Å². The van der Waals surface area contributed by atoms with Crippen LogP contribution in [-0.2, 0) is 9.59 Å². The number of amides is 2. The molecule has 2 aliphatic heterocycles. The minimum atomic E-state index is -0.0967. The second kappa shape index (κ2) is 6.89. The Morgan fingerprint density at radius 3 is 2.42 bits per heavy atom. The van der Waals surface area contributed by atoms with Crippen LogP contribution in [0.5, 0.6) is 0 Å². The van der Waals surface area contributed by atoms with Gasteiger partial charge in [0.1, 0.15) is 0 Å². The van der Waals surface area contributed by atoms with Crippen molar-refractivity contribution in [2.75, 3.05) is 13.1 Å². The maximum atomic E-state index is 11.8. The van der Waals surface area contributed by atoms with E-state index in [1.54, 1.807) is 0 Å². The summed E-state index contributed by atoms with van der Waals surface area (Å²) in [6, 6.07) is 1.23. The van der Waals surface area contributed by atoms with E-state index in [4.69, 9.17) is 0 Å². The van der Waals surface area contributed by atoms with E-state index >= 15 is 0 Å². The van der Waals surface area contributed by atoms with Gasteiger partial charge in [-0.15, -0.1) is 0 Å². The molecule has 5 heteroatoms. The molecule has 0 saturated carbocycles. The van der Waals surface area contributed by atoms with Gasteiger partial charge in [-0.25, -0.2) is 0 Å². The molecular weight excluding hydrogens is 242 g/mol. The van der Waals surface area contributed by atoms with E-state index in [1.807, 2.05) is 6.92 Å². The molecule has 0 spiro atoms. The van der Waals surface area contributed by atoms with E-state index in [0.29, 0.717) is 31.0 Å². The van der Waals surface area contributed by atoms with Gasteiger partial charge in [-0.3, -0.25) is 9.59 Å². The largest absolute Gasteiger partial charge is 0.355 e. The van der Waals surface area contributed by atoms with E-state index in [1.165, 1.54) is 12.8 Å². The minimum Gasteiger partial charge on any atom is -0.355 e. The second-order valence-corrected chi connectivity index (χ2v) is 5.81. The summed E-state index contributed by atoms with van der Waals surface area (Å²) in [6.07, 6.45) is 6.19. The van der Waals surface area contributed by atoms with Gasteiger partial charge in [-0.05, 0) is 38.0 Å². The predicted molar refractivity (Wildman–Crippen MR) is 73.6 cm³/mol. The highest BCUT2D eigenvalue weighted by molar-refractivity contribution is 5.84. The molecule has 2 unspecified atom stereocenters. The van der Waals surface area contributed by atoms with Gasteiger partial charge in [0, 0.05) is 25.0 Å². The highest BCUT2D eigenvalue weighted by Gasteiger charge is 2.34. The number of piperidine rings is 1. The number of carbonyl (C=O) groups is 2. The first kappa shape index (κ1) is 14.3. The molecule has 2 saturated heterocycles. The molecule has 2 fully saturated rings. The second-order valence-electron chi connectivity index (χ2n) is 5.81. The maximum absolute atomic E-state index is 11.8. The molecule has 108 valence electrons. The van der Waals surface area contributed by atoms with Crippen molar-refractivity contribution in [1.29, 1.82) is 0 Å². The number of rotatable bonds is 6. The van der Waals surface area contributed by atoms with Crippen molar-refractivity contribution in [2.24, 2.45) is 5.92 Å². The zero-order chi connectivity index (χ0) is 13.7. The monoisotopic (exact) mass is 267 g/mol. The molecule has 2 atom stereocenters. The van der Waals surface area contributed by atoms with E-state index in [0.717, 1.165) is 19.3 Å². The van der Waals surface area contributed by atoms with E-state index in [2.05, 4.69) is 16.0 Å². The summed E-state index contributed by atoms with van der Waals surface area (Å²) in [5.74, 6) is 0.399. The highest BCUT2D eigenvalue weighted by atomic mass is 16.2. The zero-order valence-corrected chi connectivity index (χ0v) is 11.7. The molecule has 3 N–H and O–H groups in total. The van der Waals surface area contributed by atoms with Crippen LogP contribution in [0.2, 0.25) is 0 Å². The molecule has 2 amide bonds. The Balaban J connectivity index is 1.63. The number of fused-ring (bicyclic) bond motifs is 2. The zero-order valence-electron chi connectivity index (χ0n) is 11.7. The molecule has 2 rings (SSSR count). The first-order valence-corrected chi connectivity index (χ1v) is 7.46. The van der Waals surface area contributed by atoms with Crippen LogP contribution in [0.4, 0.5) is 0 Å². The summed E-state index contributed by atoms with van der Waals surface area (Å²) < 4.78 is 0. The lowest BCUT2D eigenvalue weighted by atomic mass is 9.89. The first-order chi connectivity index (χ1) is 9.17. The standard InChI is InChI=1S/C14H25N3O2/c1-2-5-15-14(19)9-16-13(18)8-10-6-11-3-4-12(7-10)17-11/h10-12,17H,2-9H2,1H3,(H,15,19)(H,16,18). The normalized spacial score (nSPS) is 29.0. The van der Waals surface area contributed by atoms with Gasteiger partial charge in [-0.2, -0.15) is 0 Å². The van der Waals surface area contributed by atoms with Crippen LogP contribution in [0.15, 0.2) is 0 Å². The lowest BCUT2D eigenvalue weighted by molar-refractivity contribution is -0.126. The van der Waals surface area contributed by atoms with Gasteiger partial charge < -0.3 is 16.0 Å². The number of carbonyl (C=O) groups excluding carboxylic acids is 2. The summed E-state index contributed by atoms with van der Waals surface area (Å²) in [4.78, 5) is 23.2. The maximum Gasteiger partial charge on any atom is 0.239 e. The van der Waals surface area contributed by atoms with Crippen LogP contribution in [0.1, 0.15) is 45.4 Å². The summed E-state index contributed by atoms with van der Waals surface area (Å²) in [6.45, 7) is 2.79. The fourth-order valence-corrected chi connectivity index (χ4v) is 3.18. The Morgan fingerprint density at radius 1 is 1.11 bits per heavy atom. The van der Waals surface area contributed by atoms with E-state index in [9.17, 15) is 9.59 Å². The third-order valence-electron chi connectivity index (χ3n) is 4.06.